The standard InChI is InChI=1S/C7H7NO.Na/c9-6-8-7-4-2-1-3-5-7;/h1-6H,(H,8,9);. The van der Waals surface area contributed by atoms with Gasteiger partial charge in [-0.1, -0.05) is 18.2 Å². The molecule has 0 atom stereocenters. The summed E-state index contributed by atoms with van der Waals surface area (Å²) in [7, 11) is 0. The number of para-hydroxylation sites is 1. The molecule has 0 bridgehead atoms. The first kappa shape index (κ1) is 9.69. The zero-order valence-electron chi connectivity index (χ0n) is 5.87. The molecule has 1 aromatic rings. The fourth-order valence-corrected chi connectivity index (χ4v) is 0.602. The third-order valence-corrected chi connectivity index (χ3v) is 0.999. The van der Waals surface area contributed by atoms with Crippen molar-refractivity contribution in [2.24, 2.45) is 0 Å². The summed E-state index contributed by atoms with van der Waals surface area (Å²) in [4.78, 5) is 9.86. The van der Waals surface area contributed by atoms with Crippen molar-refractivity contribution in [1.82, 2.24) is 0 Å². The Hall–Kier alpha value is -0.310. The smallest absolute Gasteiger partial charge is 0.211 e. The minimum absolute atomic E-state index is 0. The van der Waals surface area contributed by atoms with Crippen molar-refractivity contribution in [2.45, 2.75) is 0 Å². The predicted octanol–water partition coefficient (Wildman–Crippen LogP) is 0.874. The molecule has 0 aliphatic rings. The first-order valence-electron chi connectivity index (χ1n) is 2.69. The number of nitrogens with one attached hydrogen (secondary N) is 1. The number of benzene rings is 1. The van der Waals surface area contributed by atoms with Gasteiger partial charge in [0.05, 0.1) is 0 Å². The first-order chi connectivity index (χ1) is 4.43. The Bertz CT molecular complexity index is 188. The first-order valence-corrected chi connectivity index (χ1v) is 2.69. The zero-order valence-corrected chi connectivity index (χ0v) is 7.87. The Labute approximate surface area is 81.9 Å². The average Bonchev–Trinajstić information content (AvgIpc) is 1.91. The van der Waals surface area contributed by atoms with Crippen LogP contribution in [0.15, 0.2) is 30.3 Å². The van der Waals surface area contributed by atoms with Gasteiger partial charge < -0.3 is 5.32 Å². The summed E-state index contributed by atoms with van der Waals surface area (Å²) in [6, 6.07) is 9.29. The quantitative estimate of drug-likeness (QED) is 0.484. The van der Waals surface area contributed by atoms with Crippen LogP contribution in [0, 0.1) is 0 Å². The van der Waals surface area contributed by atoms with E-state index in [-0.39, 0.29) is 29.6 Å². The third kappa shape index (κ3) is 3.01. The molecule has 0 fully saturated rings. The van der Waals surface area contributed by atoms with Gasteiger partial charge in [0.1, 0.15) is 0 Å². The third-order valence-electron chi connectivity index (χ3n) is 0.999. The minimum Gasteiger partial charge on any atom is -0.329 e. The van der Waals surface area contributed by atoms with Gasteiger partial charge in [-0.15, -0.1) is 0 Å². The number of hydrogen-bond acceptors (Lipinski definition) is 1. The Morgan fingerprint density at radius 1 is 1.20 bits per heavy atom. The maximum absolute atomic E-state index is 9.86. The summed E-state index contributed by atoms with van der Waals surface area (Å²) in [5.41, 5.74) is 0.826. The van der Waals surface area contributed by atoms with Crippen LogP contribution in [0.4, 0.5) is 5.69 Å². The second-order valence-corrected chi connectivity index (χ2v) is 1.63. The van der Waals surface area contributed by atoms with Crippen molar-refractivity contribution >= 4 is 41.7 Å². The van der Waals surface area contributed by atoms with Gasteiger partial charge in [0, 0.05) is 35.2 Å². The largest absolute Gasteiger partial charge is 0.329 e. The minimum atomic E-state index is 0. The van der Waals surface area contributed by atoms with Gasteiger partial charge >= 0.3 is 0 Å². The van der Waals surface area contributed by atoms with Crippen molar-refractivity contribution in [2.75, 3.05) is 5.32 Å². The molecule has 0 heterocycles. The fourth-order valence-electron chi connectivity index (χ4n) is 0.602. The number of rotatable bonds is 2. The zero-order chi connectivity index (χ0) is 6.53. The molecule has 0 aliphatic carbocycles. The maximum Gasteiger partial charge on any atom is 0.211 e. The molecule has 47 valence electrons. The van der Waals surface area contributed by atoms with Crippen molar-refractivity contribution < 1.29 is 4.79 Å². The van der Waals surface area contributed by atoms with Crippen molar-refractivity contribution in [3.8, 4) is 0 Å². The van der Waals surface area contributed by atoms with Gasteiger partial charge in [0.15, 0.2) is 0 Å². The number of anilines is 1. The summed E-state index contributed by atoms with van der Waals surface area (Å²) >= 11 is 0. The Kier molecular flexibility index (Phi) is 5.30. The molecule has 10 heavy (non-hydrogen) atoms. The van der Waals surface area contributed by atoms with E-state index in [0.717, 1.165) is 5.69 Å². The topological polar surface area (TPSA) is 29.1 Å². The molecule has 0 saturated carbocycles. The Morgan fingerprint density at radius 3 is 2.30 bits per heavy atom. The second-order valence-electron chi connectivity index (χ2n) is 1.63. The molecule has 1 radical (unpaired) electrons. The molecule has 0 unspecified atom stereocenters. The van der Waals surface area contributed by atoms with Gasteiger partial charge in [-0.25, -0.2) is 0 Å². The van der Waals surface area contributed by atoms with E-state index < -0.39 is 0 Å². The summed E-state index contributed by atoms with van der Waals surface area (Å²) in [5, 5.41) is 2.53. The summed E-state index contributed by atoms with van der Waals surface area (Å²) in [6.45, 7) is 0. The Balaban J connectivity index is 0.000000810. The molecule has 2 nitrogen and oxygen atoms in total. The summed E-state index contributed by atoms with van der Waals surface area (Å²) in [6.07, 6.45) is 0.662. The van der Waals surface area contributed by atoms with Gasteiger partial charge in [-0.3, -0.25) is 4.79 Å². The molecular formula is C7H7NNaO. The summed E-state index contributed by atoms with van der Waals surface area (Å²) in [5.74, 6) is 0. The molecule has 1 rings (SSSR count). The van der Waals surface area contributed by atoms with Crippen molar-refractivity contribution in [3.63, 3.8) is 0 Å². The molecular weight excluding hydrogens is 137 g/mol. The number of amides is 1. The van der Waals surface area contributed by atoms with E-state index in [4.69, 9.17) is 0 Å². The van der Waals surface area contributed by atoms with Crippen LogP contribution in [0.25, 0.3) is 0 Å². The molecule has 0 saturated heterocycles. The molecule has 0 spiro atoms. The van der Waals surface area contributed by atoms with E-state index >= 15 is 0 Å². The van der Waals surface area contributed by atoms with Crippen LogP contribution in [-0.2, 0) is 4.79 Å². The monoisotopic (exact) mass is 144 g/mol. The second kappa shape index (κ2) is 5.47. The van der Waals surface area contributed by atoms with Gasteiger partial charge in [0.25, 0.3) is 0 Å². The van der Waals surface area contributed by atoms with Crippen molar-refractivity contribution in [3.05, 3.63) is 30.3 Å². The molecule has 1 N–H and O–H groups in total. The van der Waals surface area contributed by atoms with E-state index in [1.807, 2.05) is 30.3 Å². The van der Waals surface area contributed by atoms with Crippen molar-refractivity contribution in [1.29, 1.82) is 0 Å². The molecule has 0 aromatic heterocycles. The van der Waals surface area contributed by atoms with Crippen LogP contribution in [0.3, 0.4) is 0 Å². The Morgan fingerprint density at radius 2 is 1.80 bits per heavy atom. The van der Waals surface area contributed by atoms with Gasteiger partial charge in [0.2, 0.25) is 6.41 Å². The van der Waals surface area contributed by atoms with E-state index in [0.29, 0.717) is 6.41 Å². The summed E-state index contributed by atoms with van der Waals surface area (Å²) < 4.78 is 0. The molecule has 1 amide bonds. The van der Waals surface area contributed by atoms with Crippen LogP contribution in [0.1, 0.15) is 0 Å². The van der Waals surface area contributed by atoms with E-state index in [1.54, 1.807) is 0 Å². The molecule has 3 heteroatoms. The van der Waals surface area contributed by atoms with E-state index in [9.17, 15) is 4.79 Å². The maximum atomic E-state index is 9.86. The fraction of sp³-hybridized carbons (Fsp3) is 0. The number of carbonyl (C=O) groups excluding carboxylic acids is 1. The number of carbonyl (C=O) groups is 1. The van der Waals surface area contributed by atoms with Crippen LogP contribution < -0.4 is 5.32 Å². The SMILES string of the molecule is O=CNc1ccccc1.[Na]. The van der Waals surface area contributed by atoms with Crippen LogP contribution in [-0.4, -0.2) is 36.0 Å². The van der Waals surface area contributed by atoms with Gasteiger partial charge in [-0.05, 0) is 12.1 Å². The number of hydrogen-bond donors (Lipinski definition) is 1. The molecule has 1 aromatic carbocycles. The van der Waals surface area contributed by atoms with Gasteiger partial charge in [-0.2, -0.15) is 0 Å². The van der Waals surface area contributed by atoms with E-state index in [2.05, 4.69) is 5.32 Å². The average molecular weight is 144 g/mol. The van der Waals surface area contributed by atoms with E-state index in [1.165, 1.54) is 0 Å². The van der Waals surface area contributed by atoms with Crippen LogP contribution >= 0.6 is 0 Å². The predicted molar refractivity (Wildman–Crippen MR) is 41.9 cm³/mol. The molecule has 0 aliphatic heterocycles. The normalized spacial score (nSPS) is 7.60. The van der Waals surface area contributed by atoms with Crippen LogP contribution in [0.5, 0.6) is 0 Å². The van der Waals surface area contributed by atoms with Crippen LogP contribution in [0.2, 0.25) is 0 Å².